The summed E-state index contributed by atoms with van der Waals surface area (Å²) in [4.78, 5) is 0. The number of hydrogen-bond donors (Lipinski definition) is 1. The molecule has 0 saturated carbocycles. The molecule has 0 aliphatic rings. The van der Waals surface area contributed by atoms with Gasteiger partial charge in [-0.2, -0.15) is 4.39 Å². The van der Waals surface area contributed by atoms with Crippen molar-refractivity contribution in [2.45, 2.75) is 0 Å². The van der Waals surface area contributed by atoms with Gasteiger partial charge in [0.1, 0.15) is 0 Å². The molecule has 0 fully saturated rings. The summed E-state index contributed by atoms with van der Waals surface area (Å²) in [5.41, 5.74) is 4.48. The van der Waals surface area contributed by atoms with Gasteiger partial charge in [0, 0.05) is 4.08 Å². The first kappa shape index (κ1) is 5.20. The highest BCUT2D eigenvalue weighted by atomic mass is 127. The molecule has 0 atom stereocenters. The van der Waals surface area contributed by atoms with Crippen molar-refractivity contribution in [3.63, 3.8) is 0 Å². The van der Waals surface area contributed by atoms with Crippen molar-refractivity contribution in [1.82, 2.24) is 0 Å². The normalized spacial score (nSPS) is 12.0. The van der Waals surface area contributed by atoms with E-state index in [1.54, 1.807) is 22.6 Å². The molecule has 0 unspecified atom stereocenters. The minimum absolute atomic E-state index is 0.634. The van der Waals surface area contributed by atoms with Crippen LogP contribution >= 0.6 is 22.6 Å². The van der Waals surface area contributed by atoms with E-state index in [9.17, 15) is 4.39 Å². The number of hydrogen-bond acceptors (Lipinski definition) is 1. The maximum Gasteiger partial charge on any atom is 0.190 e. The average Bonchev–Trinajstić information content (AvgIpc) is 1.38. The van der Waals surface area contributed by atoms with E-state index in [4.69, 9.17) is 0 Å². The molecule has 0 heterocycles. The molecule has 0 aromatic heterocycles. The standard InChI is InChI=1S/C2H3FIN/c3-2(5)1-4/h1H,5H2/b2-1+. The number of rotatable bonds is 0. The van der Waals surface area contributed by atoms with Gasteiger partial charge in [-0.15, -0.1) is 0 Å². The largest absolute Gasteiger partial charge is 0.375 e. The fourth-order valence-electron chi connectivity index (χ4n) is 0. The Morgan fingerprint density at radius 3 is 2.20 bits per heavy atom. The molecule has 0 aliphatic carbocycles. The molecule has 30 valence electrons. The lowest BCUT2D eigenvalue weighted by Crippen LogP contribution is -1.83. The van der Waals surface area contributed by atoms with Crippen LogP contribution in [0.4, 0.5) is 4.39 Å². The molecule has 0 aromatic carbocycles. The first-order valence-corrected chi connectivity index (χ1v) is 2.23. The van der Waals surface area contributed by atoms with E-state index in [0.29, 0.717) is 0 Å². The summed E-state index contributed by atoms with van der Waals surface area (Å²) < 4.78 is 12.2. The summed E-state index contributed by atoms with van der Waals surface area (Å²) in [5, 5.41) is 0. The third-order valence-electron chi connectivity index (χ3n) is 0.104. The highest BCUT2D eigenvalue weighted by Gasteiger charge is 1.68. The first-order chi connectivity index (χ1) is 2.27. The molecule has 3 heteroatoms. The zero-order valence-electron chi connectivity index (χ0n) is 2.41. The third kappa shape index (κ3) is 4.20. The molecular weight excluding hydrogens is 184 g/mol. The summed E-state index contributed by atoms with van der Waals surface area (Å²) in [5.74, 6) is -0.634. The zero-order chi connectivity index (χ0) is 4.28. The van der Waals surface area contributed by atoms with E-state index < -0.39 is 5.95 Å². The van der Waals surface area contributed by atoms with Crippen LogP contribution in [0.3, 0.4) is 0 Å². The van der Waals surface area contributed by atoms with Crippen LogP contribution in [0.15, 0.2) is 10.0 Å². The van der Waals surface area contributed by atoms with Crippen molar-refractivity contribution < 1.29 is 4.39 Å². The molecule has 0 aromatic rings. The van der Waals surface area contributed by atoms with Crippen molar-refractivity contribution in [2.24, 2.45) is 5.73 Å². The smallest absolute Gasteiger partial charge is 0.190 e. The second-order valence-corrected chi connectivity index (χ2v) is 1.12. The SMILES string of the molecule is N/C(F)=C/I. The Kier molecular flexibility index (Phi) is 2.54. The molecule has 0 radical (unpaired) electrons. The van der Waals surface area contributed by atoms with E-state index in [-0.39, 0.29) is 0 Å². The Labute approximate surface area is 43.2 Å². The van der Waals surface area contributed by atoms with Gasteiger partial charge in [-0.3, -0.25) is 0 Å². The summed E-state index contributed by atoms with van der Waals surface area (Å²) in [6, 6.07) is 0. The Morgan fingerprint density at radius 1 is 2.00 bits per heavy atom. The Hall–Kier alpha value is 0.200. The van der Waals surface area contributed by atoms with Crippen molar-refractivity contribution in [1.29, 1.82) is 0 Å². The molecule has 0 bridgehead atoms. The van der Waals surface area contributed by atoms with Crippen molar-refractivity contribution in [3.05, 3.63) is 10.0 Å². The van der Waals surface area contributed by atoms with Gasteiger partial charge in [0.25, 0.3) is 0 Å². The minimum Gasteiger partial charge on any atom is -0.375 e. The second-order valence-electron chi connectivity index (χ2n) is 0.494. The van der Waals surface area contributed by atoms with Crippen LogP contribution < -0.4 is 5.73 Å². The summed E-state index contributed by atoms with van der Waals surface area (Å²) in [7, 11) is 0. The topological polar surface area (TPSA) is 26.0 Å². The van der Waals surface area contributed by atoms with Gasteiger partial charge in [-0.05, 0) is 22.6 Å². The summed E-state index contributed by atoms with van der Waals surface area (Å²) in [6.45, 7) is 0. The Bertz CT molecular complexity index is 47.6. The summed E-state index contributed by atoms with van der Waals surface area (Å²) in [6.07, 6.45) is 0. The van der Waals surface area contributed by atoms with Crippen LogP contribution in [0.2, 0.25) is 0 Å². The van der Waals surface area contributed by atoms with Crippen LogP contribution in [0, 0.1) is 0 Å². The molecular formula is C2H3FIN. The monoisotopic (exact) mass is 187 g/mol. The van der Waals surface area contributed by atoms with Crippen molar-refractivity contribution in [2.75, 3.05) is 0 Å². The fraction of sp³-hybridized carbons (Fsp3) is 0. The molecule has 0 amide bonds. The predicted octanol–water partition coefficient (Wildman–Crippen LogP) is 1.15. The molecule has 0 aliphatic heterocycles. The molecule has 1 nitrogen and oxygen atoms in total. The van der Waals surface area contributed by atoms with E-state index in [2.05, 4.69) is 5.73 Å². The van der Waals surface area contributed by atoms with Gasteiger partial charge in [-0.25, -0.2) is 0 Å². The van der Waals surface area contributed by atoms with Gasteiger partial charge in [0.05, 0.1) is 0 Å². The lowest BCUT2D eigenvalue weighted by atomic mass is 11.0. The molecule has 0 saturated heterocycles. The van der Waals surface area contributed by atoms with Crippen LogP contribution in [0.25, 0.3) is 0 Å². The highest BCUT2D eigenvalue weighted by Crippen LogP contribution is 1.88. The second kappa shape index (κ2) is 2.44. The van der Waals surface area contributed by atoms with Crippen molar-refractivity contribution in [3.8, 4) is 0 Å². The quantitative estimate of drug-likeness (QED) is 0.446. The van der Waals surface area contributed by atoms with Gasteiger partial charge >= 0.3 is 0 Å². The maximum atomic E-state index is 11.1. The third-order valence-corrected chi connectivity index (χ3v) is 0.699. The van der Waals surface area contributed by atoms with Crippen LogP contribution in [0.1, 0.15) is 0 Å². The lowest BCUT2D eigenvalue weighted by Gasteiger charge is -1.69. The van der Waals surface area contributed by atoms with E-state index in [1.165, 1.54) is 0 Å². The lowest BCUT2D eigenvalue weighted by molar-refractivity contribution is 0.631. The van der Waals surface area contributed by atoms with Crippen molar-refractivity contribution >= 4 is 22.6 Å². The Balaban J connectivity index is 3.14. The van der Waals surface area contributed by atoms with Gasteiger partial charge < -0.3 is 5.73 Å². The van der Waals surface area contributed by atoms with E-state index in [0.717, 1.165) is 4.08 Å². The van der Waals surface area contributed by atoms with Crippen LogP contribution in [0.5, 0.6) is 0 Å². The predicted molar refractivity (Wildman–Crippen MR) is 27.4 cm³/mol. The summed E-state index contributed by atoms with van der Waals surface area (Å²) >= 11 is 1.72. The molecule has 2 N–H and O–H groups in total. The first-order valence-electron chi connectivity index (χ1n) is 0.985. The van der Waals surface area contributed by atoms with Crippen LogP contribution in [-0.4, -0.2) is 0 Å². The molecule has 0 rings (SSSR count). The maximum absolute atomic E-state index is 11.1. The van der Waals surface area contributed by atoms with Gasteiger partial charge in [0.15, 0.2) is 5.95 Å². The van der Waals surface area contributed by atoms with E-state index in [1.807, 2.05) is 0 Å². The van der Waals surface area contributed by atoms with Gasteiger partial charge in [0.2, 0.25) is 0 Å². The number of halogens is 2. The van der Waals surface area contributed by atoms with E-state index >= 15 is 0 Å². The average molecular weight is 187 g/mol. The number of nitrogens with two attached hydrogens (primary N) is 1. The Morgan fingerprint density at radius 2 is 2.20 bits per heavy atom. The minimum atomic E-state index is -0.634. The van der Waals surface area contributed by atoms with Crippen LogP contribution in [-0.2, 0) is 0 Å². The van der Waals surface area contributed by atoms with Gasteiger partial charge in [-0.1, -0.05) is 0 Å². The molecule has 0 spiro atoms. The zero-order valence-corrected chi connectivity index (χ0v) is 4.57. The highest BCUT2D eigenvalue weighted by molar-refractivity contribution is 14.1. The fourth-order valence-corrected chi connectivity index (χ4v) is 0. The molecule has 5 heavy (non-hydrogen) atoms.